The maximum atomic E-state index is 12.7. The van der Waals surface area contributed by atoms with Gasteiger partial charge in [-0.3, -0.25) is 9.59 Å². The molecule has 0 amide bonds. The standard InChI is InChI=1S/C19H22O6/c1-9-4-6-13(21)14-16-19(25-17(14)23)8-10(2)18(3,24-16)15(22)11(19)5-7-12(9)20/h5,7,9-11,15,22H,4,6,8H2,1-3H3/b7-5-/t9-,10-,11-,15-,18-,19-/m0/s1. The third kappa shape index (κ3) is 1.97. The lowest BCUT2D eigenvalue weighted by atomic mass is 9.59. The number of esters is 1. The minimum atomic E-state index is -1.19. The van der Waals surface area contributed by atoms with Gasteiger partial charge in [0, 0.05) is 24.7 Å². The molecule has 3 heterocycles. The zero-order chi connectivity index (χ0) is 18.1. The fourth-order valence-corrected chi connectivity index (χ4v) is 4.61. The molecular weight excluding hydrogens is 324 g/mol. The molecular formula is C19H22O6. The first kappa shape index (κ1) is 16.5. The first-order valence-corrected chi connectivity index (χ1v) is 8.81. The Morgan fingerprint density at radius 1 is 1.20 bits per heavy atom. The van der Waals surface area contributed by atoms with Gasteiger partial charge in [-0.25, -0.2) is 4.79 Å². The van der Waals surface area contributed by atoms with Crippen molar-refractivity contribution in [3.8, 4) is 0 Å². The van der Waals surface area contributed by atoms with E-state index in [4.69, 9.17) is 9.47 Å². The highest BCUT2D eigenvalue weighted by Crippen LogP contribution is 2.60. The summed E-state index contributed by atoms with van der Waals surface area (Å²) in [5.41, 5.74) is -2.16. The van der Waals surface area contributed by atoms with Crippen LogP contribution in [-0.2, 0) is 23.9 Å². The Morgan fingerprint density at radius 3 is 2.64 bits per heavy atom. The van der Waals surface area contributed by atoms with Crippen molar-refractivity contribution in [3.05, 3.63) is 23.5 Å². The minimum Gasteiger partial charge on any atom is -0.484 e. The van der Waals surface area contributed by atoms with Gasteiger partial charge in [-0.15, -0.1) is 0 Å². The smallest absolute Gasteiger partial charge is 0.346 e. The Labute approximate surface area is 145 Å². The number of carbonyl (C=O) groups is 3. The molecule has 1 N–H and O–H groups in total. The van der Waals surface area contributed by atoms with Crippen molar-refractivity contribution in [2.75, 3.05) is 0 Å². The number of fused-ring (bicyclic) bond motifs is 1. The number of ether oxygens (including phenoxy) is 2. The monoisotopic (exact) mass is 346 g/mol. The normalized spacial score (nSPS) is 47.3. The van der Waals surface area contributed by atoms with E-state index in [1.54, 1.807) is 19.9 Å². The third-order valence-corrected chi connectivity index (χ3v) is 6.50. The number of aliphatic hydroxyl groups excluding tert-OH is 1. The van der Waals surface area contributed by atoms with E-state index in [-0.39, 0.29) is 41.2 Å². The van der Waals surface area contributed by atoms with Crippen LogP contribution in [0.5, 0.6) is 0 Å². The molecule has 1 spiro atoms. The maximum Gasteiger partial charge on any atom is 0.346 e. The Hall–Kier alpha value is -1.95. The minimum absolute atomic E-state index is 0.0371. The highest BCUT2D eigenvalue weighted by molar-refractivity contribution is 6.19. The van der Waals surface area contributed by atoms with Crippen molar-refractivity contribution >= 4 is 17.5 Å². The second kappa shape index (κ2) is 5.04. The first-order chi connectivity index (χ1) is 11.7. The number of ketones is 2. The summed E-state index contributed by atoms with van der Waals surface area (Å²) in [4.78, 5) is 37.5. The van der Waals surface area contributed by atoms with Crippen LogP contribution < -0.4 is 0 Å². The van der Waals surface area contributed by atoms with E-state index in [9.17, 15) is 19.5 Å². The second-order valence-electron chi connectivity index (χ2n) is 7.97. The Balaban J connectivity index is 1.94. The molecule has 0 unspecified atom stereocenters. The van der Waals surface area contributed by atoms with Gasteiger partial charge in [0.2, 0.25) is 0 Å². The Bertz CT molecular complexity index is 749. The van der Waals surface area contributed by atoms with Crippen LogP contribution in [0.1, 0.15) is 40.0 Å². The number of hydrogen-bond donors (Lipinski definition) is 1. The highest BCUT2D eigenvalue weighted by Gasteiger charge is 2.70. The second-order valence-corrected chi connectivity index (χ2v) is 7.97. The fraction of sp³-hybridized carbons (Fsp3) is 0.632. The van der Waals surface area contributed by atoms with Crippen LogP contribution >= 0.6 is 0 Å². The number of rotatable bonds is 0. The Kier molecular flexibility index (Phi) is 3.33. The third-order valence-electron chi connectivity index (χ3n) is 6.50. The van der Waals surface area contributed by atoms with Gasteiger partial charge >= 0.3 is 5.97 Å². The van der Waals surface area contributed by atoms with Crippen LogP contribution in [0.4, 0.5) is 0 Å². The summed E-state index contributed by atoms with van der Waals surface area (Å²) in [5.74, 6) is -1.86. The largest absolute Gasteiger partial charge is 0.484 e. The Morgan fingerprint density at radius 2 is 1.92 bits per heavy atom. The summed E-state index contributed by atoms with van der Waals surface area (Å²) in [5, 5.41) is 10.9. The van der Waals surface area contributed by atoms with Gasteiger partial charge in [0.15, 0.2) is 22.9 Å². The summed E-state index contributed by atoms with van der Waals surface area (Å²) in [6.45, 7) is 5.48. The number of hydrogen-bond acceptors (Lipinski definition) is 6. The van der Waals surface area contributed by atoms with Crippen LogP contribution in [0.3, 0.4) is 0 Å². The van der Waals surface area contributed by atoms with Crippen LogP contribution in [0.2, 0.25) is 0 Å². The van der Waals surface area contributed by atoms with E-state index in [0.717, 1.165) is 0 Å². The molecule has 2 aliphatic carbocycles. The molecule has 3 fully saturated rings. The molecule has 0 aromatic heterocycles. The van der Waals surface area contributed by atoms with Crippen molar-refractivity contribution in [1.82, 2.24) is 0 Å². The molecule has 5 aliphatic rings. The lowest BCUT2D eigenvalue weighted by Gasteiger charge is -2.59. The van der Waals surface area contributed by atoms with Crippen molar-refractivity contribution in [2.24, 2.45) is 17.8 Å². The van der Waals surface area contributed by atoms with E-state index in [2.05, 4.69) is 0 Å². The van der Waals surface area contributed by atoms with Crippen molar-refractivity contribution in [1.29, 1.82) is 0 Å². The molecule has 134 valence electrons. The quantitative estimate of drug-likeness (QED) is 0.528. The number of aliphatic hydroxyl groups is 1. The molecule has 3 aliphatic heterocycles. The zero-order valence-corrected chi connectivity index (χ0v) is 14.6. The van der Waals surface area contributed by atoms with Crippen LogP contribution in [0, 0.1) is 17.8 Å². The van der Waals surface area contributed by atoms with Gasteiger partial charge in [0.05, 0.1) is 5.92 Å². The van der Waals surface area contributed by atoms with Crippen molar-refractivity contribution < 1.29 is 29.0 Å². The molecule has 25 heavy (non-hydrogen) atoms. The number of Topliss-reactive ketones (excluding diaryl/α,β-unsaturated/α-hetero) is 1. The van der Waals surface area contributed by atoms with Crippen LogP contribution in [0.15, 0.2) is 23.5 Å². The molecule has 2 saturated heterocycles. The average Bonchev–Trinajstić information content (AvgIpc) is 2.82. The number of allylic oxidation sites excluding steroid dienone is 1. The molecule has 1 saturated carbocycles. The topological polar surface area (TPSA) is 89.9 Å². The number of carbonyl (C=O) groups excluding carboxylic acids is 3. The predicted molar refractivity (Wildman–Crippen MR) is 86.2 cm³/mol. The molecule has 6 nitrogen and oxygen atoms in total. The molecule has 5 rings (SSSR count). The van der Waals surface area contributed by atoms with Gasteiger partial charge in [-0.1, -0.05) is 19.9 Å². The van der Waals surface area contributed by atoms with Gasteiger partial charge in [-0.05, 0) is 19.4 Å². The van der Waals surface area contributed by atoms with Crippen molar-refractivity contribution in [2.45, 2.75) is 57.3 Å². The van der Waals surface area contributed by atoms with Crippen molar-refractivity contribution in [3.63, 3.8) is 0 Å². The molecule has 6 atom stereocenters. The maximum absolute atomic E-state index is 12.7. The summed E-state index contributed by atoms with van der Waals surface area (Å²) >= 11 is 0. The van der Waals surface area contributed by atoms with E-state index in [1.807, 2.05) is 6.92 Å². The first-order valence-electron chi connectivity index (χ1n) is 8.81. The molecule has 6 heteroatoms. The van der Waals surface area contributed by atoms with E-state index in [0.29, 0.717) is 12.8 Å². The molecule has 0 aromatic rings. The fourth-order valence-electron chi connectivity index (χ4n) is 4.61. The van der Waals surface area contributed by atoms with Crippen LogP contribution in [0.25, 0.3) is 0 Å². The summed E-state index contributed by atoms with van der Waals surface area (Å²) in [7, 11) is 0. The SMILES string of the molecule is C[C@H]1CCC(=O)C2=C3O[C@@]4(C)[C@@H](C)C[C@]3(OC2=O)[C@@H](/C=C\C1=O)[C@@H]4O. The van der Waals surface area contributed by atoms with Gasteiger partial charge in [0.25, 0.3) is 0 Å². The van der Waals surface area contributed by atoms with E-state index in [1.165, 1.54) is 6.08 Å². The van der Waals surface area contributed by atoms with E-state index < -0.39 is 29.2 Å². The molecule has 0 radical (unpaired) electrons. The van der Waals surface area contributed by atoms with Gasteiger partial charge in [-0.2, -0.15) is 0 Å². The lowest BCUT2D eigenvalue weighted by molar-refractivity contribution is -0.262. The van der Waals surface area contributed by atoms with E-state index >= 15 is 0 Å². The van der Waals surface area contributed by atoms with Gasteiger partial charge in [0.1, 0.15) is 17.3 Å². The highest BCUT2D eigenvalue weighted by atomic mass is 16.6. The molecule has 5 bridgehead atoms. The zero-order valence-electron chi connectivity index (χ0n) is 14.6. The summed E-state index contributed by atoms with van der Waals surface area (Å²) < 4.78 is 11.7. The lowest BCUT2D eigenvalue weighted by Crippen LogP contribution is -2.69. The van der Waals surface area contributed by atoms with Gasteiger partial charge < -0.3 is 14.6 Å². The summed E-state index contributed by atoms with van der Waals surface area (Å²) in [6, 6.07) is 0. The predicted octanol–water partition coefficient (Wildman–Crippen LogP) is 1.47. The summed E-state index contributed by atoms with van der Waals surface area (Å²) in [6.07, 6.45) is 3.07. The molecule has 0 aromatic carbocycles. The van der Waals surface area contributed by atoms with Crippen LogP contribution in [-0.4, -0.2) is 39.9 Å². The average molecular weight is 346 g/mol.